The van der Waals surface area contributed by atoms with Crippen LogP contribution in [0, 0.1) is 5.82 Å². The minimum Gasteiger partial charge on any atom is -0.496 e. The highest BCUT2D eigenvalue weighted by molar-refractivity contribution is 5.89. The molecule has 2 amide bonds. The number of hydrogen-bond donors (Lipinski definition) is 2. The van der Waals surface area contributed by atoms with Gasteiger partial charge in [0.05, 0.1) is 24.1 Å². The van der Waals surface area contributed by atoms with E-state index >= 15 is 0 Å². The Morgan fingerprint density at radius 3 is 2.83 bits per heavy atom. The lowest BCUT2D eigenvalue weighted by atomic mass is 9.96. The maximum absolute atomic E-state index is 14.4. The Balaban J connectivity index is 1.54. The smallest absolute Gasteiger partial charge is 0.319 e. The number of nitrogens with one attached hydrogen (secondary N) is 2. The number of amides is 2. The van der Waals surface area contributed by atoms with Gasteiger partial charge in [-0.05, 0) is 31.0 Å². The van der Waals surface area contributed by atoms with E-state index in [1.165, 1.54) is 19.2 Å². The highest BCUT2D eigenvalue weighted by Gasteiger charge is 2.24. The van der Waals surface area contributed by atoms with E-state index in [0.29, 0.717) is 28.3 Å². The molecular weight excluding hydrogens is 377 g/mol. The van der Waals surface area contributed by atoms with Crippen molar-refractivity contribution in [1.29, 1.82) is 0 Å². The monoisotopic (exact) mass is 395 g/mol. The van der Waals surface area contributed by atoms with Crippen molar-refractivity contribution < 1.29 is 23.5 Å². The summed E-state index contributed by atoms with van der Waals surface area (Å²) in [6.45, 7) is 0. The summed E-state index contributed by atoms with van der Waals surface area (Å²) in [7, 11) is 1.47. The molecule has 29 heavy (non-hydrogen) atoms. The van der Waals surface area contributed by atoms with Crippen LogP contribution in [0.1, 0.15) is 24.1 Å². The summed E-state index contributed by atoms with van der Waals surface area (Å²) in [5, 5.41) is 5.22. The van der Waals surface area contributed by atoms with Crippen molar-refractivity contribution in [2.45, 2.75) is 25.3 Å². The van der Waals surface area contributed by atoms with Crippen LogP contribution in [0.25, 0.3) is 6.08 Å². The third-order valence-corrected chi connectivity index (χ3v) is 4.64. The van der Waals surface area contributed by atoms with Gasteiger partial charge in [0.25, 0.3) is 0 Å². The van der Waals surface area contributed by atoms with E-state index in [9.17, 15) is 14.0 Å². The first-order valence-electron chi connectivity index (χ1n) is 9.10. The van der Waals surface area contributed by atoms with Gasteiger partial charge in [-0.2, -0.15) is 0 Å². The van der Waals surface area contributed by atoms with Gasteiger partial charge in [0, 0.05) is 36.4 Å². The maximum atomic E-state index is 14.4. The highest BCUT2D eigenvalue weighted by atomic mass is 19.1. The van der Waals surface area contributed by atoms with Crippen molar-refractivity contribution in [1.82, 2.24) is 10.3 Å². The average molecular weight is 395 g/mol. The Labute approximate surface area is 166 Å². The van der Waals surface area contributed by atoms with Crippen LogP contribution < -0.4 is 15.4 Å². The van der Waals surface area contributed by atoms with Crippen LogP contribution in [-0.2, 0) is 16.0 Å². The molecule has 148 valence electrons. The number of urea groups is 1. The number of hydrogen-bond acceptors (Lipinski definition) is 5. The molecule has 2 aliphatic rings. The van der Waals surface area contributed by atoms with Crippen molar-refractivity contribution in [3.8, 4) is 11.5 Å². The minimum atomic E-state index is -0.619. The van der Waals surface area contributed by atoms with Crippen LogP contribution in [0.5, 0.6) is 11.5 Å². The fourth-order valence-electron chi connectivity index (χ4n) is 2.99. The number of nitrogens with zero attached hydrogens (tertiary/aromatic N) is 1. The average Bonchev–Trinajstić information content (AvgIpc) is 3.53. The Kier molecular flexibility index (Phi) is 5.01. The summed E-state index contributed by atoms with van der Waals surface area (Å²) >= 11 is 0. The zero-order chi connectivity index (χ0) is 20.4. The molecule has 7 nitrogen and oxygen atoms in total. The summed E-state index contributed by atoms with van der Waals surface area (Å²) in [5.41, 5.74) is 1.70. The molecule has 0 saturated heterocycles. The van der Waals surface area contributed by atoms with Crippen molar-refractivity contribution in [3.05, 3.63) is 58.9 Å². The van der Waals surface area contributed by atoms with Gasteiger partial charge in [-0.1, -0.05) is 0 Å². The van der Waals surface area contributed by atoms with Crippen LogP contribution in [0.15, 0.2) is 41.8 Å². The second-order valence-corrected chi connectivity index (χ2v) is 6.76. The molecule has 1 heterocycles. The first-order valence-corrected chi connectivity index (χ1v) is 9.10. The Morgan fingerprint density at radius 1 is 1.31 bits per heavy atom. The number of halogens is 1. The van der Waals surface area contributed by atoms with Crippen LogP contribution in [0.4, 0.5) is 14.9 Å². The summed E-state index contributed by atoms with van der Waals surface area (Å²) in [5.74, 6) is 2.36. The van der Waals surface area contributed by atoms with Crippen LogP contribution in [-0.4, -0.2) is 30.1 Å². The quantitative estimate of drug-likeness (QED) is 0.755. The van der Waals surface area contributed by atoms with E-state index in [2.05, 4.69) is 15.6 Å². The van der Waals surface area contributed by atoms with Gasteiger partial charge in [0.15, 0.2) is 0 Å². The number of aromatic nitrogens is 1. The van der Waals surface area contributed by atoms with Gasteiger partial charge < -0.3 is 20.1 Å². The molecular formula is C21H18FN3O4. The molecule has 1 aromatic carbocycles. The third kappa shape index (κ3) is 4.12. The van der Waals surface area contributed by atoms with Crippen molar-refractivity contribution in [2.75, 3.05) is 12.4 Å². The SMILES string of the molecule is COC1=Cc2nccc(Oc3ccc(NC(=O)NC4CC4)c(F)c3)c2CC1=C=O. The predicted octanol–water partition coefficient (Wildman–Crippen LogP) is 3.60. The largest absolute Gasteiger partial charge is 0.496 e. The van der Waals surface area contributed by atoms with Crippen molar-refractivity contribution >= 4 is 23.7 Å². The van der Waals surface area contributed by atoms with Crippen LogP contribution >= 0.6 is 0 Å². The molecule has 0 aliphatic heterocycles. The van der Waals surface area contributed by atoms with Gasteiger partial charge in [0.2, 0.25) is 0 Å². The number of carbonyl (C=O) groups is 1. The van der Waals surface area contributed by atoms with Crippen molar-refractivity contribution in [2.24, 2.45) is 0 Å². The van der Waals surface area contributed by atoms with Crippen LogP contribution in [0.3, 0.4) is 0 Å². The lowest BCUT2D eigenvalue weighted by Crippen LogP contribution is -2.30. The number of benzene rings is 1. The first kappa shape index (κ1) is 18.7. The van der Waals surface area contributed by atoms with Gasteiger partial charge in [-0.25, -0.2) is 14.0 Å². The molecule has 0 radical (unpaired) electrons. The van der Waals surface area contributed by atoms with Crippen molar-refractivity contribution in [3.63, 3.8) is 0 Å². The molecule has 2 aliphatic carbocycles. The summed E-state index contributed by atoms with van der Waals surface area (Å²) in [4.78, 5) is 27.3. The van der Waals surface area contributed by atoms with E-state index in [0.717, 1.165) is 12.8 Å². The molecule has 1 saturated carbocycles. The fraction of sp³-hybridized carbons (Fsp3) is 0.238. The number of pyridine rings is 1. The maximum Gasteiger partial charge on any atom is 0.319 e. The number of ether oxygens (including phenoxy) is 2. The molecule has 8 heteroatoms. The highest BCUT2D eigenvalue weighted by Crippen LogP contribution is 2.35. The van der Waals surface area contributed by atoms with E-state index < -0.39 is 11.8 Å². The van der Waals surface area contributed by atoms with Crippen LogP contribution in [0.2, 0.25) is 0 Å². The normalized spacial score (nSPS) is 15.0. The zero-order valence-electron chi connectivity index (χ0n) is 15.6. The predicted molar refractivity (Wildman–Crippen MR) is 104 cm³/mol. The standard InChI is InChI=1S/C21H18FN3O4/c1-28-20-10-18-15(8-12(20)11-26)19(6-7-23-18)29-14-4-5-17(16(22)9-14)25-21(27)24-13-2-3-13/h4-7,9-10,13H,2-3,8H2,1H3,(H2,24,25,27). The van der Waals surface area contributed by atoms with Gasteiger partial charge in [0.1, 0.15) is 29.0 Å². The molecule has 4 rings (SSSR count). The van der Waals surface area contributed by atoms with E-state index in [4.69, 9.17) is 9.47 Å². The Hall–Kier alpha value is -3.64. The molecule has 1 fully saturated rings. The number of anilines is 1. The third-order valence-electron chi connectivity index (χ3n) is 4.64. The number of allylic oxidation sites excluding steroid dienone is 1. The lowest BCUT2D eigenvalue weighted by molar-refractivity contribution is 0.251. The summed E-state index contributed by atoms with van der Waals surface area (Å²) < 4.78 is 25.4. The molecule has 0 spiro atoms. The molecule has 0 atom stereocenters. The fourth-order valence-corrected chi connectivity index (χ4v) is 2.99. The second kappa shape index (κ2) is 7.77. The van der Waals surface area contributed by atoms with E-state index in [1.807, 2.05) is 5.94 Å². The minimum absolute atomic E-state index is 0.0612. The zero-order valence-corrected chi connectivity index (χ0v) is 15.6. The first-order chi connectivity index (χ1) is 14.1. The molecule has 2 aromatic rings. The number of carbonyl (C=O) groups excluding carboxylic acids is 2. The number of rotatable bonds is 5. The Bertz CT molecular complexity index is 1060. The van der Waals surface area contributed by atoms with Gasteiger partial charge >= 0.3 is 6.03 Å². The number of methoxy groups -OCH3 is 1. The van der Waals surface area contributed by atoms with Gasteiger partial charge in [-0.15, -0.1) is 0 Å². The lowest BCUT2D eigenvalue weighted by Gasteiger charge is -2.19. The molecule has 0 bridgehead atoms. The molecule has 0 unspecified atom stereocenters. The topological polar surface area (TPSA) is 89.6 Å². The van der Waals surface area contributed by atoms with Gasteiger partial charge in [-0.3, -0.25) is 4.98 Å². The molecule has 1 aromatic heterocycles. The summed E-state index contributed by atoms with van der Waals surface area (Å²) in [6, 6.07) is 5.56. The second-order valence-electron chi connectivity index (χ2n) is 6.76. The number of fused-ring (bicyclic) bond motifs is 1. The summed E-state index contributed by atoms with van der Waals surface area (Å²) in [6.07, 6.45) is 5.33. The molecule has 2 N–H and O–H groups in total. The van der Waals surface area contributed by atoms with E-state index in [-0.39, 0.29) is 23.9 Å². The van der Waals surface area contributed by atoms with E-state index in [1.54, 1.807) is 24.4 Å². The Morgan fingerprint density at radius 2 is 2.14 bits per heavy atom.